The monoisotopic (exact) mass is 412 g/mol. The summed E-state index contributed by atoms with van der Waals surface area (Å²) in [6.07, 6.45) is 4.81. The Morgan fingerprint density at radius 1 is 0.548 bits per heavy atom. The summed E-state index contributed by atoms with van der Waals surface area (Å²) in [7, 11) is 0. The van der Waals surface area contributed by atoms with Gasteiger partial charge in [0.1, 0.15) is 11.6 Å². The van der Waals surface area contributed by atoms with E-state index < -0.39 is 11.6 Å². The third-order valence-corrected chi connectivity index (χ3v) is 5.69. The van der Waals surface area contributed by atoms with E-state index in [2.05, 4.69) is 31.2 Å². The normalized spacial score (nSPS) is 10.9. The molecule has 0 aliphatic heterocycles. The van der Waals surface area contributed by atoms with Crippen LogP contribution in [-0.4, -0.2) is 0 Å². The van der Waals surface area contributed by atoms with E-state index in [4.69, 9.17) is 0 Å². The van der Waals surface area contributed by atoms with Crippen LogP contribution in [0.1, 0.15) is 31.7 Å². The van der Waals surface area contributed by atoms with Crippen molar-refractivity contribution in [2.24, 2.45) is 0 Å². The molecule has 0 heterocycles. The molecular weight excluding hydrogens is 386 g/mol. The van der Waals surface area contributed by atoms with Gasteiger partial charge in [-0.3, -0.25) is 0 Å². The fraction of sp³-hybridized carbons (Fsp3) is 0.172. The molecule has 4 rings (SSSR count). The van der Waals surface area contributed by atoms with Crippen LogP contribution in [0.4, 0.5) is 8.78 Å². The minimum atomic E-state index is -0.426. The van der Waals surface area contributed by atoms with Gasteiger partial charge in [0.15, 0.2) is 0 Å². The quantitative estimate of drug-likeness (QED) is 0.266. The molecule has 0 amide bonds. The Morgan fingerprint density at radius 2 is 1.03 bits per heavy atom. The van der Waals surface area contributed by atoms with E-state index in [1.807, 2.05) is 42.5 Å². The van der Waals surface area contributed by atoms with Crippen molar-refractivity contribution in [1.82, 2.24) is 0 Å². The summed E-state index contributed by atoms with van der Waals surface area (Å²) < 4.78 is 29.6. The molecule has 0 bridgehead atoms. The first kappa shape index (κ1) is 21.0. The highest BCUT2D eigenvalue weighted by Gasteiger charge is 2.13. The van der Waals surface area contributed by atoms with E-state index in [0.717, 1.165) is 17.5 Å². The van der Waals surface area contributed by atoms with E-state index >= 15 is 0 Å². The SMILES string of the molecule is CCCCCc1ccc(-c2ccc(-c3cc(F)c(-c4ccccc4)cc3F)cc2)cc1. The van der Waals surface area contributed by atoms with Crippen LogP contribution in [0.15, 0.2) is 91.0 Å². The number of hydrogen-bond acceptors (Lipinski definition) is 0. The van der Waals surface area contributed by atoms with Crippen LogP contribution >= 0.6 is 0 Å². The molecule has 4 aromatic rings. The van der Waals surface area contributed by atoms with Crippen molar-refractivity contribution in [2.75, 3.05) is 0 Å². The van der Waals surface area contributed by atoms with Crippen LogP contribution in [0.25, 0.3) is 33.4 Å². The van der Waals surface area contributed by atoms with E-state index in [1.54, 1.807) is 12.1 Å². The van der Waals surface area contributed by atoms with Gasteiger partial charge in [-0.25, -0.2) is 8.78 Å². The topological polar surface area (TPSA) is 0 Å². The Hall–Kier alpha value is -3.26. The number of unbranched alkanes of at least 4 members (excludes halogenated alkanes) is 2. The van der Waals surface area contributed by atoms with E-state index in [-0.39, 0.29) is 11.1 Å². The summed E-state index contributed by atoms with van der Waals surface area (Å²) in [6.45, 7) is 2.21. The van der Waals surface area contributed by atoms with Crippen molar-refractivity contribution < 1.29 is 8.78 Å². The number of hydrogen-bond donors (Lipinski definition) is 0. The number of halogens is 2. The Bertz CT molecular complexity index is 1130. The van der Waals surface area contributed by atoms with Gasteiger partial charge in [0.25, 0.3) is 0 Å². The zero-order valence-corrected chi connectivity index (χ0v) is 17.7. The molecule has 2 heteroatoms. The van der Waals surface area contributed by atoms with Crippen LogP contribution in [0.5, 0.6) is 0 Å². The standard InChI is InChI=1S/C29H26F2/c1-2-3-5-8-21-11-13-22(14-12-21)23-15-17-25(18-16-23)27-20-28(30)26(19-29(27)31)24-9-6-4-7-10-24/h4,6-7,9-20H,2-3,5,8H2,1H3. The fourth-order valence-electron chi connectivity index (χ4n) is 3.89. The Kier molecular flexibility index (Phi) is 6.57. The molecular formula is C29H26F2. The third-order valence-electron chi connectivity index (χ3n) is 5.69. The van der Waals surface area contributed by atoms with E-state index in [0.29, 0.717) is 11.1 Å². The van der Waals surface area contributed by atoms with Crippen molar-refractivity contribution in [3.8, 4) is 33.4 Å². The summed E-state index contributed by atoms with van der Waals surface area (Å²) in [4.78, 5) is 0. The first-order valence-electron chi connectivity index (χ1n) is 10.9. The van der Waals surface area contributed by atoms with Crippen LogP contribution < -0.4 is 0 Å². The van der Waals surface area contributed by atoms with Gasteiger partial charge in [-0.15, -0.1) is 0 Å². The maximum absolute atomic E-state index is 14.8. The summed E-state index contributed by atoms with van der Waals surface area (Å²) in [5, 5.41) is 0. The molecule has 0 saturated carbocycles. The number of benzene rings is 4. The first-order chi connectivity index (χ1) is 15.2. The minimum absolute atomic E-state index is 0.273. The smallest absolute Gasteiger partial charge is 0.131 e. The van der Waals surface area contributed by atoms with Gasteiger partial charge >= 0.3 is 0 Å². The van der Waals surface area contributed by atoms with E-state index in [9.17, 15) is 8.78 Å². The Labute approximate surface area is 183 Å². The van der Waals surface area contributed by atoms with Gasteiger partial charge < -0.3 is 0 Å². The molecule has 0 radical (unpaired) electrons. The van der Waals surface area contributed by atoms with Crippen LogP contribution in [0.3, 0.4) is 0 Å². The summed E-state index contributed by atoms with van der Waals surface area (Å²) in [6, 6.07) is 27.9. The van der Waals surface area contributed by atoms with Gasteiger partial charge in [-0.2, -0.15) is 0 Å². The molecule has 0 atom stereocenters. The first-order valence-corrected chi connectivity index (χ1v) is 10.9. The molecule has 0 fully saturated rings. The molecule has 0 aliphatic rings. The van der Waals surface area contributed by atoms with Crippen molar-refractivity contribution in [2.45, 2.75) is 32.6 Å². The highest BCUT2D eigenvalue weighted by atomic mass is 19.1. The van der Waals surface area contributed by atoms with Crippen molar-refractivity contribution in [1.29, 1.82) is 0 Å². The highest BCUT2D eigenvalue weighted by Crippen LogP contribution is 2.32. The van der Waals surface area contributed by atoms with Crippen LogP contribution in [-0.2, 0) is 6.42 Å². The lowest BCUT2D eigenvalue weighted by Crippen LogP contribution is -1.92. The zero-order valence-electron chi connectivity index (χ0n) is 17.7. The largest absolute Gasteiger partial charge is 0.206 e. The van der Waals surface area contributed by atoms with Crippen LogP contribution in [0.2, 0.25) is 0 Å². The molecule has 0 aliphatic carbocycles. The minimum Gasteiger partial charge on any atom is -0.206 e. The lowest BCUT2D eigenvalue weighted by atomic mass is 9.96. The summed E-state index contributed by atoms with van der Waals surface area (Å²) in [5.74, 6) is -0.852. The Balaban J connectivity index is 1.55. The van der Waals surface area contributed by atoms with Gasteiger partial charge in [0, 0.05) is 11.1 Å². The third kappa shape index (κ3) is 4.91. The van der Waals surface area contributed by atoms with Crippen LogP contribution in [0, 0.1) is 11.6 Å². The lowest BCUT2D eigenvalue weighted by Gasteiger charge is -2.10. The molecule has 0 spiro atoms. The molecule has 4 aromatic carbocycles. The highest BCUT2D eigenvalue weighted by molar-refractivity contribution is 5.74. The van der Waals surface area contributed by atoms with Crippen molar-refractivity contribution in [3.63, 3.8) is 0 Å². The zero-order chi connectivity index (χ0) is 21.6. The second-order valence-corrected chi connectivity index (χ2v) is 7.91. The molecule has 156 valence electrons. The predicted molar refractivity (Wildman–Crippen MR) is 126 cm³/mol. The Morgan fingerprint density at radius 3 is 1.58 bits per heavy atom. The van der Waals surface area contributed by atoms with Crippen molar-refractivity contribution in [3.05, 3.63) is 108 Å². The average Bonchev–Trinajstić information content (AvgIpc) is 2.82. The number of aryl methyl sites for hydroxylation is 1. The molecule has 31 heavy (non-hydrogen) atoms. The molecule has 0 N–H and O–H groups in total. The molecule has 0 aromatic heterocycles. The predicted octanol–water partition coefficient (Wildman–Crippen LogP) is 8.70. The fourth-order valence-corrected chi connectivity index (χ4v) is 3.89. The van der Waals surface area contributed by atoms with Gasteiger partial charge in [-0.05, 0) is 52.8 Å². The maximum atomic E-state index is 14.8. The van der Waals surface area contributed by atoms with Gasteiger partial charge in [-0.1, -0.05) is 98.6 Å². The molecule has 0 unspecified atom stereocenters. The lowest BCUT2D eigenvalue weighted by molar-refractivity contribution is 0.606. The summed E-state index contributed by atoms with van der Waals surface area (Å²) >= 11 is 0. The second kappa shape index (κ2) is 9.70. The molecule has 0 nitrogen and oxygen atoms in total. The van der Waals surface area contributed by atoms with Gasteiger partial charge in [0.2, 0.25) is 0 Å². The van der Waals surface area contributed by atoms with Gasteiger partial charge in [0.05, 0.1) is 0 Å². The second-order valence-electron chi connectivity index (χ2n) is 7.91. The summed E-state index contributed by atoms with van der Waals surface area (Å²) in [5.41, 5.74) is 5.41. The van der Waals surface area contributed by atoms with Crippen molar-refractivity contribution >= 4 is 0 Å². The molecule has 0 saturated heterocycles. The maximum Gasteiger partial charge on any atom is 0.131 e. The number of rotatable bonds is 7. The average molecular weight is 413 g/mol. The van der Waals surface area contributed by atoms with E-state index in [1.165, 1.54) is 37.0 Å².